The van der Waals surface area contributed by atoms with Gasteiger partial charge in [0.2, 0.25) is 5.91 Å². The minimum atomic E-state index is -0.487. The summed E-state index contributed by atoms with van der Waals surface area (Å²) in [4.78, 5) is 38.1. The zero-order valence-electron chi connectivity index (χ0n) is 15.1. The Labute approximate surface area is 161 Å². The maximum Gasteiger partial charge on any atom is 0.331 e. The number of aromatic nitrogens is 2. The molecule has 0 bridgehead atoms. The van der Waals surface area contributed by atoms with Crippen LogP contribution in [0.5, 0.6) is 0 Å². The molecule has 140 valence electrons. The third kappa shape index (κ3) is 4.11. The fourth-order valence-electron chi connectivity index (χ4n) is 2.93. The van der Waals surface area contributed by atoms with Crippen LogP contribution in [0.25, 0.3) is 10.9 Å². The summed E-state index contributed by atoms with van der Waals surface area (Å²) in [6.45, 7) is 3.96. The molecule has 0 fully saturated rings. The molecule has 2 aromatic carbocycles. The molecule has 1 aromatic heterocycles. The average Bonchev–Trinajstić information content (AvgIpc) is 2.64. The first kappa shape index (κ1) is 18.9. The number of nitrogens with one attached hydrogen (secondary N) is 1. The van der Waals surface area contributed by atoms with Gasteiger partial charge in [-0.15, -0.1) is 0 Å². The summed E-state index contributed by atoms with van der Waals surface area (Å²) in [5, 5.41) is 3.72. The van der Waals surface area contributed by atoms with Crippen molar-refractivity contribution in [2.75, 3.05) is 5.32 Å². The van der Waals surface area contributed by atoms with Gasteiger partial charge < -0.3 is 5.32 Å². The fourth-order valence-corrected chi connectivity index (χ4v) is 3.05. The van der Waals surface area contributed by atoms with E-state index in [1.54, 1.807) is 48.5 Å². The number of amides is 1. The van der Waals surface area contributed by atoms with Crippen molar-refractivity contribution >= 4 is 34.1 Å². The second-order valence-electron chi connectivity index (χ2n) is 6.75. The van der Waals surface area contributed by atoms with Gasteiger partial charge in [0, 0.05) is 17.3 Å². The molecule has 0 aliphatic carbocycles. The predicted molar refractivity (Wildman–Crippen MR) is 107 cm³/mol. The van der Waals surface area contributed by atoms with E-state index >= 15 is 0 Å². The third-order valence-corrected chi connectivity index (χ3v) is 4.36. The first-order chi connectivity index (χ1) is 12.9. The zero-order chi connectivity index (χ0) is 19.6. The SMILES string of the molecule is CC(C)Cn1c(=O)c2ccccc2n(CC(=O)Nc2ccc(Cl)cc2)c1=O. The first-order valence-electron chi connectivity index (χ1n) is 8.64. The molecule has 27 heavy (non-hydrogen) atoms. The number of hydrogen-bond donors (Lipinski definition) is 1. The Morgan fingerprint density at radius 2 is 1.70 bits per heavy atom. The molecule has 3 rings (SSSR count). The van der Waals surface area contributed by atoms with Gasteiger partial charge in [-0.25, -0.2) is 4.79 Å². The Hall–Kier alpha value is -2.86. The van der Waals surface area contributed by atoms with Gasteiger partial charge in [-0.05, 0) is 42.3 Å². The number of hydrogen-bond acceptors (Lipinski definition) is 3. The number of carbonyl (C=O) groups is 1. The van der Waals surface area contributed by atoms with Crippen LogP contribution in [0, 0.1) is 5.92 Å². The topological polar surface area (TPSA) is 73.1 Å². The Morgan fingerprint density at radius 1 is 1.04 bits per heavy atom. The van der Waals surface area contributed by atoms with E-state index in [1.165, 1.54) is 9.13 Å². The van der Waals surface area contributed by atoms with Crippen LogP contribution in [0.4, 0.5) is 5.69 Å². The summed E-state index contributed by atoms with van der Waals surface area (Å²) in [5.41, 5.74) is 0.202. The summed E-state index contributed by atoms with van der Waals surface area (Å²) >= 11 is 5.85. The van der Waals surface area contributed by atoms with E-state index in [2.05, 4.69) is 5.32 Å². The van der Waals surface area contributed by atoms with E-state index in [1.807, 2.05) is 13.8 Å². The predicted octanol–water partition coefficient (Wildman–Crippen LogP) is 3.11. The van der Waals surface area contributed by atoms with Crippen molar-refractivity contribution in [2.45, 2.75) is 26.9 Å². The van der Waals surface area contributed by atoms with Crippen molar-refractivity contribution in [3.05, 3.63) is 74.4 Å². The van der Waals surface area contributed by atoms with Gasteiger partial charge in [-0.1, -0.05) is 37.6 Å². The molecule has 0 saturated heterocycles. The molecule has 0 atom stereocenters. The van der Waals surface area contributed by atoms with Crippen LogP contribution in [-0.4, -0.2) is 15.0 Å². The van der Waals surface area contributed by atoms with Crippen LogP contribution in [0.3, 0.4) is 0 Å². The van der Waals surface area contributed by atoms with Crippen LogP contribution in [0.1, 0.15) is 13.8 Å². The smallest absolute Gasteiger partial charge is 0.325 e. The largest absolute Gasteiger partial charge is 0.331 e. The number of rotatable bonds is 5. The summed E-state index contributed by atoms with van der Waals surface area (Å²) in [7, 11) is 0. The van der Waals surface area contributed by atoms with Gasteiger partial charge in [-0.3, -0.25) is 18.7 Å². The van der Waals surface area contributed by atoms with Crippen molar-refractivity contribution in [2.24, 2.45) is 5.92 Å². The maximum absolute atomic E-state index is 12.9. The van der Waals surface area contributed by atoms with E-state index < -0.39 is 5.69 Å². The molecule has 0 spiro atoms. The van der Waals surface area contributed by atoms with Crippen molar-refractivity contribution < 1.29 is 4.79 Å². The van der Waals surface area contributed by atoms with E-state index in [0.717, 1.165) is 0 Å². The Morgan fingerprint density at radius 3 is 2.37 bits per heavy atom. The number of carbonyl (C=O) groups excluding carboxylic acids is 1. The highest BCUT2D eigenvalue weighted by molar-refractivity contribution is 6.30. The maximum atomic E-state index is 12.9. The Kier molecular flexibility index (Phi) is 5.46. The highest BCUT2D eigenvalue weighted by atomic mass is 35.5. The van der Waals surface area contributed by atoms with Gasteiger partial charge in [0.05, 0.1) is 10.9 Å². The summed E-state index contributed by atoms with van der Waals surface area (Å²) in [5.74, 6) is -0.243. The van der Waals surface area contributed by atoms with Gasteiger partial charge in [0.1, 0.15) is 6.54 Å². The number of nitrogens with zero attached hydrogens (tertiary/aromatic N) is 2. The highest BCUT2D eigenvalue weighted by Gasteiger charge is 2.16. The average molecular weight is 386 g/mol. The summed E-state index contributed by atoms with van der Waals surface area (Å²) < 4.78 is 2.53. The fraction of sp³-hybridized carbons (Fsp3) is 0.250. The molecular weight excluding hydrogens is 366 g/mol. The number of benzene rings is 2. The van der Waals surface area contributed by atoms with Crippen molar-refractivity contribution in [3.8, 4) is 0 Å². The lowest BCUT2D eigenvalue weighted by Gasteiger charge is -2.15. The molecule has 1 amide bonds. The van der Waals surface area contributed by atoms with E-state index in [9.17, 15) is 14.4 Å². The second-order valence-corrected chi connectivity index (χ2v) is 7.19. The lowest BCUT2D eigenvalue weighted by molar-refractivity contribution is -0.116. The number of anilines is 1. The van der Waals surface area contributed by atoms with Gasteiger partial charge in [-0.2, -0.15) is 0 Å². The van der Waals surface area contributed by atoms with Crippen LogP contribution >= 0.6 is 11.6 Å². The zero-order valence-corrected chi connectivity index (χ0v) is 15.9. The van der Waals surface area contributed by atoms with E-state index in [0.29, 0.717) is 28.2 Å². The van der Waals surface area contributed by atoms with Crippen molar-refractivity contribution in [1.29, 1.82) is 0 Å². The normalized spacial score (nSPS) is 11.1. The van der Waals surface area contributed by atoms with Crippen molar-refractivity contribution in [3.63, 3.8) is 0 Å². The lowest BCUT2D eigenvalue weighted by Crippen LogP contribution is -2.42. The third-order valence-electron chi connectivity index (χ3n) is 4.11. The molecular formula is C20H20ClN3O3. The standard InChI is InChI=1S/C20H20ClN3O3/c1-13(2)11-24-19(26)16-5-3-4-6-17(16)23(20(24)27)12-18(25)22-15-9-7-14(21)8-10-15/h3-10,13H,11-12H2,1-2H3,(H,22,25). The molecule has 0 radical (unpaired) electrons. The number of para-hydroxylation sites is 1. The molecule has 6 nitrogen and oxygen atoms in total. The van der Waals surface area contributed by atoms with Crippen LogP contribution in [-0.2, 0) is 17.9 Å². The minimum Gasteiger partial charge on any atom is -0.325 e. The van der Waals surface area contributed by atoms with Crippen LogP contribution in [0.15, 0.2) is 58.1 Å². The van der Waals surface area contributed by atoms with E-state index in [4.69, 9.17) is 11.6 Å². The van der Waals surface area contributed by atoms with Crippen LogP contribution in [0.2, 0.25) is 5.02 Å². The lowest BCUT2D eigenvalue weighted by atomic mass is 10.2. The van der Waals surface area contributed by atoms with Gasteiger partial charge >= 0.3 is 5.69 Å². The first-order valence-corrected chi connectivity index (χ1v) is 9.02. The molecule has 7 heteroatoms. The minimum absolute atomic E-state index is 0.118. The van der Waals surface area contributed by atoms with Crippen molar-refractivity contribution in [1.82, 2.24) is 9.13 Å². The Bertz CT molecular complexity index is 1100. The highest BCUT2D eigenvalue weighted by Crippen LogP contribution is 2.14. The molecule has 0 aliphatic heterocycles. The molecule has 3 aromatic rings. The molecule has 0 unspecified atom stereocenters. The molecule has 0 saturated carbocycles. The van der Waals surface area contributed by atoms with Gasteiger partial charge in [0.25, 0.3) is 5.56 Å². The summed E-state index contributed by atoms with van der Waals surface area (Å²) in [6.07, 6.45) is 0. The molecule has 1 N–H and O–H groups in total. The second kappa shape index (κ2) is 7.80. The monoisotopic (exact) mass is 385 g/mol. The number of halogens is 1. The van der Waals surface area contributed by atoms with E-state index in [-0.39, 0.29) is 23.9 Å². The Balaban J connectivity index is 2.02. The molecule has 0 aliphatic rings. The van der Waals surface area contributed by atoms with Crippen LogP contribution < -0.4 is 16.6 Å². The van der Waals surface area contributed by atoms with Gasteiger partial charge in [0.15, 0.2) is 0 Å². The number of fused-ring (bicyclic) bond motifs is 1. The quantitative estimate of drug-likeness (QED) is 0.733. The molecule has 1 heterocycles. The summed E-state index contributed by atoms with van der Waals surface area (Å²) in [6, 6.07) is 13.5.